The normalized spacial score (nSPS) is 16.0. The average Bonchev–Trinajstić information content (AvgIpc) is 2.34. The van der Waals surface area contributed by atoms with Crippen LogP contribution < -0.4 is 16.4 Å². The summed E-state index contributed by atoms with van der Waals surface area (Å²) in [5.41, 5.74) is 7.80. The van der Waals surface area contributed by atoms with Crippen molar-refractivity contribution in [3.8, 4) is 0 Å². The van der Waals surface area contributed by atoms with Crippen molar-refractivity contribution in [3.63, 3.8) is 0 Å². The number of carbonyl (C=O) groups excluding carboxylic acids is 1. The van der Waals surface area contributed by atoms with Crippen molar-refractivity contribution >= 4 is 23.4 Å². The SMILES string of the molecule is CC(N)CCNCc1ccc2c(c1)NC(=O)CS2. The lowest BCUT2D eigenvalue weighted by molar-refractivity contribution is -0.113. The summed E-state index contributed by atoms with van der Waals surface area (Å²) in [6.07, 6.45) is 0.970. The first kappa shape index (κ1) is 13.4. The molecule has 1 unspecified atom stereocenters. The van der Waals surface area contributed by atoms with Gasteiger partial charge in [-0.15, -0.1) is 11.8 Å². The summed E-state index contributed by atoms with van der Waals surface area (Å²) in [5, 5.41) is 6.25. The number of nitrogens with two attached hydrogens (primary N) is 1. The van der Waals surface area contributed by atoms with Crippen LogP contribution in [0, 0.1) is 0 Å². The van der Waals surface area contributed by atoms with E-state index in [1.54, 1.807) is 11.8 Å². The lowest BCUT2D eigenvalue weighted by Crippen LogP contribution is -2.24. The molecule has 4 N–H and O–H groups in total. The Labute approximate surface area is 112 Å². The molecule has 0 spiro atoms. The van der Waals surface area contributed by atoms with Crippen LogP contribution in [0.1, 0.15) is 18.9 Å². The highest BCUT2D eigenvalue weighted by Crippen LogP contribution is 2.31. The van der Waals surface area contributed by atoms with E-state index in [2.05, 4.69) is 22.8 Å². The van der Waals surface area contributed by atoms with Crippen molar-refractivity contribution in [2.24, 2.45) is 5.73 Å². The van der Waals surface area contributed by atoms with Crippen molar-refractivity contribution in [1.82, 2.24) is 5.32 Å². The van der Waals surface area contributed by atoms with Crippen LogP contribution in [0.3, 0.4) is 0 Å². The molecule has 1 heterocycles. The molecule has 98 valence electrons. The fourth-order valence-corrected chi connectivity index (χ4v) is 2.59. The molecule has 0 saturated carbocycles. The fourth-order valence-electron chi connectivity index (χ4n) is 1.80. The number of thioether (sulfide) groups is 1. The number of amides is 1. The van der Waals surface area contributed by atoms with E-state index in [0.29, 0.717) is 5.75 Å². The molecule has 0 bridgehead atoms. The van der Waals surface area contributed by atoms with Crippen molar-refractivity contribution < 1.29 is 4.79 Å². The maximum absolute atomic E-state index is 11.3. The minimum Gasteiger partial charge on any atom is -0.328 e. The average molecular weight is 265 g/mol. The first-order valence-corrected chi connectivity index (χ1v) is 7.15. The van der Waals surface area contributed by atoms with Gasteiger partial charge in [-0.3, -0.25) is 4.79 Å². The second-order valence-electron chi connectivity index (χ2n) is 4.61. The summed E-state index contributed by atoms with van der Waals surface area (Å²) in [7, 11) is 0. The Morgan fingerprint density at radius 3 is 3.17 bits per heavy atom. The number of carbonyl (C=O) groups is 1. The first-order chi connectivity index (χ1) is 8.65. The highest BCUT2D eigenvalue weighted by molar-refractivity contribution is 8.00. The Balaban J connectivity index is 1.90. The topological polar surface area (TPSA) is 67.2 Å². The van der Waals surface area contributed by atoms with E-state index in [-0.39, 0.29) is 11.9 Å². The smallest absolute Gasteiger partial charge is 0.234 e. The minimum atomic E-state index is 0.0783. The molecule has 1 aromatic carbocycles. The summed E-state index contributed by atoms with van der Waals surface area (Å²) < 4.78 is 0. The summed E-state index contributed by atoms with van der Waals surface area (Å²) in [6.45, 7) is 3.73. The zero-order valence-electron chi connectivity index (χ0n) is 10.5. The molecule has 4 nitrogen and oxygen atoms in total. The van der Waals surface area contributed by atoms with Gasteiger partial charge in [0.2, 0.25) is 5.91 Å². The van der Waals surface area contributed by atoms with Gasteiger partial charge in [0.15, 0.2) is 0 Å². The quantitative estimate of drug-likeness (QED) is 0.707. The molecular weight excluding hydrogens is 246 g/mol. The lowest BCUT2D eigenvalue weighted by Gasteiger charge is -2.17. The Bertz CT molecular complexity index is 434. The van der Waals surface area contributed by atoms with Crippen LogP contribution in [0.15, 0.2) is 23.1 Å². The molecule has 0 radical (unpaired) electrons. The van der Waals surface area contributed by atoms with Gasteiger partial charge in [0.1, 0.15) is 0 Å². The Morgan fingerprint density at radius 2 is 2.39 bits per heavy atom. The number of benzene rings is 1. The number of hydrogen-bond acceptors (Lipinski definition) is 4. The van der Waals surface area contributed by atoms with Gasteiger partial charge in [-0.25, -0.2) is 0 Å². The summed E-state index contributed by atoms with van der Waals surface area (Å²) in [5.74, 6) is 0.591. The van der Waals surface area contributed by atoms with Crippen LogP contribution in [-0.4, -0.2) is 24.2 Å². The molecule has 1 aliphatic rings. The fraction of sp³-hybridized carbons (Fsp3) is 0.462. The number of hydrogen-bond donors (Lipinski definition) is 3. The van der Waals surface area contributed by atoms with Crippen molar-refractivity contribution in [2.45, 2.75) is 30.8 Å². The van der Waals surface area contributed by atoms with Crippen LogP contribution >= 0.6 is 11.8 Å². The van der Waals surface area contributed by atoms with Gasteiger partial charge in [0, 0.05) is 17.5 Å². The zero-order valence-corrected chi connectivity index (χ0v) is 11.3. The molecule has 1 aromatic rings. The molecule has 5 heteroatoms. The second kappa shape index (κ2) is 6.22. The van der Waals surface area contributed by atoms with Crippen LogP contribution in [0.2, 0.25) is 0 Å². The number of nitrogens with one attached hydrogen (secondary N) is 2. The Kier molecular flexibility index (Phi) is 4.63. The summed E-state index contributed by atoms with van der Waals surface area (Å²) in [6, 6.07) is 6.44. The van der Waals surface area contributed by atoms with Gasteiger partial charge in [-0.2, -0.15) is 0 Å². The highest BCUT2D eigenvalue weighted by Gasteiger charge is 2.15. The van der Waals surface area contributed by atoms with Gasteiger partial charge in [-0.05, 0) is 37.6 Å². The molecule has 1 aliphatic heterocycles. The molecule has 18 heavy (non-hydrogen) atoms. The van der Waals surface area contributed by atoms with E-state index in [1.807, 2.05) is 13.0 Å². The number of fused-ring (bicyclic) bond motifs is 1. The van der Waals surface area contributed by atoms with Crippen LogP contribution in [0.25, 0.3) is 0 Å². The van der Waals surface area contributed by atoms with Crippen LogP contribution in [0.4, 0.5) is 5.69 Å². The monoisotopic (exact) mass is 265 g/mol. The van der Waals surface area contributed by atoms with Crippen LogP contribution in [-0.2, 0) is 11.3 Å². The van der Waals surface area contributed by atoms with Gasteiger partial charge in [0.25, 0.3) is 0 Å². The highest BCUT2D eigenvalue weighted by atomic mass is 32.2. The number of anilines is 1. The predicted octanol–water partition coefficient (Wildman–Crippen LogP) is 1.56. The van der Waals surface area contributed by atoms with Gasteiger partial charge < -0.3 is 16.4 Å². The molecule has 1 atom stereocenters. The van der Waals surface area contributed by atoms with E-state index >= 15 is 0 Å². The third-order valence-electron chi connectivity index (χ3n) is 2.78. The van der Waals surface area contributed by atoms with Crippen molar-refractivity contribution in [1.29, 1.82) is 0 Å². The third-order valence-corrected chi connectivity index (χ3v) is 3.86. The molecule has 0 fully saturated rings. The van der Waals surface area contributed by atoms with Crippen LogP contribution in [0.5, 0.6) is 0 Å². The van der Waals surface area contributed by atoms with Crippen molar-refractivity contribution in [3.05, 3.63) is 23.8 Å². The Morgan fingerprint density at radius 1 is 1.56 bits per heavy atom. The molecule has 2 rings (SSSR count). The van der Waals surface area contributed by atoms with E-state index in [1.165, 1.54) is 5.56 Å². The van der Waals surface area contributed by atoms with E-state index in [0.717, 1.165) is 30.1 Å². The largest absolute Gasteiger partial charge is 0.328 e. The van der Waals surface area contributed by atoms with E-state index in [9.17, 15) is 4.79 Å². The Hall–Kier alpha value is -1.04. The molecule has 0 saturated heterocycles. The maximum Gasteiger partial charge on any atom is 0.234 e. The molecular formula is C13H19N3OS. The maximum atomic E-state index is 11.3. The summed E-state index contributed by atoms with van der Waals surface area (Å²) >= 11 is 1.59. The molecule has 1 amide bonds. The second-order valence-corrected chi connectivity index (χ2v) is 5.63. The lowest BCUT2D eigenvalue weighted by atomic mass is 10.2. The van der Waals surface area contributed by atoms with E-state index in [4.69, 9.17) is 5.73 Å². The van der Waals surface area contributed by atoms with E-state index < -0.39 is 0 Å². The number of rotatable bonds is 5. The molecule has 0 aromatic heterocycles. The van der Waals surface area contributed by atoms with Gasteiger partial charge in [0.05, 0.1) is 11.4 Å². The van der Waals surface area contributed by atoms with Crippen molar-refractivity contribution in [2.75, 3.05) is 17.6 Å². The molecule has 0 aliphatic carbocycles. The predicted molar refractivity (Wildman–Crippen MR) is 75.8 cm³/mol. The third kappa shape index (κ3) is 3.73. The standard InChI is InChI=1S/C13H19N3OS/c1-9(14)4-5-15-7-10-2-3-12-11(6-10)16-13(17)8-18-12/h2-3,6,9,15H,4-5,7-8,14H2,1H3,(H,16,17). The minimum absolute atomic E-state index is 0.0783. The first-order valence-electron chi connectivity index (χ1n) is 6.17. The van der Waals surface area contributed by atoms with Gasteiger partial charge in [-0.1, -0.05) is 6.07 Å². The summed E-state index contributed by atoms with van der Waals surface area (Å²) in [4.78, 5) is 12.5. The zero-order chi connectivity index (χ0) is 13.0. The van der Waals surface area contributed by atoms with Gasteiger partial charge >= 0.3 is 0 Å².